The molecular formula is C17H20N4O3. The minimum absolute atomic E-state index is 0.110. The molecule has 1 aromatic rings. The third kappa shape index (κ3) is 2.70. The van der Waals surface area contributed by atoms with Gasteiger partial charge >= 0.3 is 0 Å². The Balaban J connectivity index is 1.52. The van der Waals surface area contributed by atoms with Crippen molar-refractivity contribution in [1.82, 2.24) is 20.4 Å². The molecule has 4 rings (SSSR count). The highest BCUT2D eigenvalue weighted by Crippen LogP contribution is 2.28. The molecule has 0 saturated carbocycles. The number of carbonyl (C=O) groups excluding carboxylic acids is 3. The summed E-state index contributed by atoms with van der Waals surface area (Å²) in [6, 6.07) is 5.44. The predicted molar refractivity (Wildman–Crippen MR) is 85.8 cm³/mol. The van der Waals surface area contributed by atoms with Crippen molar-refractivity contribution in [3.05, 3.63) is 34.9 Å². The van der Waals surface area contributed by atoms with Crippen molar-refractivity contribution in [3.8, 4) is 0 Å². The SMILES string of the molecule is O=C1CCC(N2Cc3ccc(CN4CCNC4)cc3C2=O)C(=O)N1. The van der Waals surface area contributed by atoms with Crippen molar-refractivity contribution in [2.75, 3.05) is 19.8 Å². The highest BCUT2D eigenvalue weighted by molar-refractivity contribution is 6.05. The number of piperidine rings is 1. The van der Waals surface area contributed by atoms with Gasteiger partial charge in [0, 0.05) is 44.8 Å². The molecule has 7 nitrogen and oxygen atoms in total. The second-order valence-electron chi connectivity index (χ2n) is 6.60. The van der Waals surface area contributed by atoms with Gasteiger partial charge in [-0.05, 0) is 23.6 Å². The van der Waals surface area contributed by atoms with E-state index in [1.54, 1.807) is 4.90 Å². The van der Waals surface area contributed by atoms with Gasteiger partial charge in [0.2, 0.25) is 11.8 Å². The molecule has 126 valence electrons. The first-order valence-corrected chi connectivity index (χ1v) is 8.31. The van der Waals surface area contributed by atoms with Crippen molar-refractivity contribution in [3.63, 3.8) is 0 Å². The highest BCUT2D eigenvalue weighted by Gasteiger charge is 2.39. The smallest absolute Gasteiger partial charge is 0.255 e. The largest absolute Gasteiger partial charge is 0.322 e. The van der Waals surface area contributed by atoms with E-state index < -0.39 is 6.04 Å². The van der Waals surface area contributed by atoms with Crippen LogP contribution < -0.4 is 10.6 Å². The summed E-state index contributed by atoms with van der Waals surface area (Å²) >= 11 is 0. The first kappa shape index (κ1) is 15.3. The van der Waals surface area contributed by atoms with Crippen LogP contribution in [0.4, 0.5) is 0 Å². The molecule has 0 bridgehead atoms. The van der Waals surface area contributed by atoms with Gasteiger partial charge in [-0.2, -0.15) is 0 Å². The van der Waals surface area contributed by atoms with Crippen molar-refractivity contribution < 1.29 is 14.4 Å². The van der Waals surface area contributed by atoms with E-state index in [1.165, 1.54) is 0 Å². The minimum atomic E-state index is -0.547. The molecule has 24 heavy (non-hydrogen) atoms. The van der Waals surface area contributed by atoms with Crippen molar-refractivity contribution in [2.45, 2.75) is 32.0 Å². The fourth-order valence-electron chi connectivity index (χ4n) is 3.65. The Morgan fingerprint density at radius 3 is 2.83 bits per heavy atom. The zero-order valence-electron chi connectivity index (χ0n) is 13.4. The van der Waals surface area contributed by atoms with E-state index in [0.717, 1.165) is 37.4 Å². The van der Waals surface area contributed by atoms with Gasteiger partial charge in [-0.25, -0.2) is 0 Å². The molecular weight excluding hydrogens is 308 g/mol. The average Bonchev–Trinajstić information content (AvgIpc) is 3.17. The number of fused-ring (bicyclic) bond motifs is 1. The molecule has 0 radical (unpaired) electrons. The number of hydrogen-bond acceptors (Lipinski definition) is 5. The summed E-state index contributed by atoms with van der Waals surface area (Å²) in [4.78, 5) is 40.0. The molecule has 3 heterocycles. The molecule has 3 aliphatic heterocycles. The zero-order chi connectivity index (χ0) is 16.7. The fraction of sp³-hybridized carbons (Fsp3) is 0.471. The third-order valence-electron chi connectivity index (χ3n) is 4.94. The number of nitrogens with zero attached hydrogens (tertiary/aromatic N) is 2. The lowest BCUT2D eigenvalue weighted by atomic mass is 10.0. The van der Waals surface area contributed by atoms with Crippen LogP contribution in [0.15, 0.2) is 18.2 Å². The Morgan fingerprint density at radius 1 is 1.21 bits per heavy atom. The van der Waals surface area contributed by atoms with E-state index in [4.69, 9.17) is 0 Å². The van der Waals surface area contributed by atoms with Crippen LogP contribution in [0.1, 0.15) is 34.3 Å². The molecule has 1 aromatic carbocycles. The molecule has 2 fully saturated rings. The number of rotatable bonds is 3. The minimum Gasteiger partial charge on any atom is -0.322 e. The van der Waals surface area contributed by atoms with Gasteiger partial charge in [0.25, 0.3) is 5.91 Å². The van der Waals surface area contributed by atoms with E-state index in [1.807, 2.05) is 12.1 Å². The Labute approximate surface area is 140 Å². The lowest BCUT2D eigenvalue weighted by Crippen LogP contribution is -2.52. The molecule has 0 aromatic heterocycles. The van der Waals surface area contributed by atoms with Crippen LogP contribution in [-0.2, 0) is 22.7 Å². The number of amides is 3. The van der Waals surface area contributed by atoms with Crippen LogP contribution in [0.5, 0.6) is 0 Å². The first-order chi connectivity index (χ1) is 11.6. The molecule has 2 N–H and O–H groups in total. The Kier molecular flexibility index (Phi) is 3.82. The van der Waals surface area contributed by atoms with Gasteiger partial charge < -0.3 is 10.2 Å². The summed E-state index contributed by atoms with van der Waals surface area (Å²) in [6.07, 6.45) is 0.681. The van der Waals surface area contributed by atoms with Gasteiger partial charge in [0.15, 0.2) is 0 Å². The number of carbonyl (C=O) groups is 3. The lowest BCUT2D eigenvalue weighted by molar-refractivity contribution is -0.136. The first-order valence-electron chi connectivity index (χ1n) is 8.31. The zero-order valence-corrected chi connectivity index (χ0v) is 13.4. The summed E-state index contributed by atoms with van der Waals surface area (Å²) in [5.74, 6) is -0.737. The standard InChI is InChI=1S/C17H20N4O3/c22-15-4-3-14(16(23)19-15)21-9-12-2-1-11(7-13(12)17(21)24)8-20-6-5-18-10-20/h1-2,7,14,18H,3-6,8-10H2,(H,19,22,23). The van der Waals surface area contributed by atoms with Crippen molar-refractivity contribution in [1.29, 1.82) is 0 Å². The second-order valence-corrected chi connectivity index (χ2v) is 6.60. The highest BCUT2D eigenvalue weighted by atomic mass is 16.2. The third-order valence-corrected chi connectivity index (χ3v) is 4.94. The topological polar surface area (TPSA) is 81.8 Å². The predicted octanol–water partition coefficient (Wildman–Crippen LogP) is -0.190. The summed E-state index contributed by atoms with van der Waals surface area (Å²) in [5.41, 5.74) is 2.74. The molecule has 7 heteroatoms. The van der Waals surface area contributed by atoms with Crippen LogP contribution in [0.2, 0.25) is 0 Å². The van der Waals surface area contributed by atoms with Gasteiger partial charge in [0.05, 0.1) is 0 Å². The molecule has 3 aliphatic rings. The molecule has 1 unspecified atom stereocenters. The lowest BCUT2D eigenvalue weighted by Gasteiger charge is -2.29. The van der Waals surface area contributed by atoms with Gasteiger partial charge in [-0.15, -0.1) is 0 Å². The Bertz CT molecular complexity index is 712. The van der Waals surface area contributed by atoms with E-state index in [0.29, 0.717) is 18.5 Å². The van der Waals surface area contributed by atoms with Crippen LogP contribution in [0.25, 0.3) is 0 Å². The van der Waals surface area contributed by atoms with E-state index >= 15 is 0 Å². The Morgan fingerprint density at radius 2 is 2.08 bits per heavy atom. The van der Waals surface area contributed by atoms with E-state index in [-0.39, 0.29) is 24.1 Å². The fourth-order valence-corrected chi connectivity index (χ4v) is 3.65. The monoisotopic (exact) mass is 328 g/mol. The second kappa shape index (κ2) is 5.99. The number of nitrogens with one attached hydrogen (secondary N) is 2. The normalized spacial score (nSPS) is 24.4. The van der Waals surface area contributed by atoms with Gasteiger partial charge in [-0.1, -0.05) is 12.1 Å². The molecule has 2 saturated heterocycles. The van der Waals surface area contributed by atoms with E-state index in [2.05, 4.69) is 21.6 Å². The summed E-state index contributed by atoms with van der Waals surface area (Å²) in [5, 5.41) is 5.62. The van der Waals surface area contributed by atoms with Crippen LogP contribution >= 0.6 is 0 Å². The average molecular weight is 328 g/mol. The summed E-state index contributed by atoms with van der Waals surface area (Å²) in [6.45, 7) is 4.12. The summed E-state index contributed by atoms with van der Waals surface area (Å²) < 4.78 is 0. The maximum Gasteiger partial charge on any atom is 0.255 e. The maximum absolute atomic E-state index is 12.7. The van der Waals surface area contributed by atoms with E-state index in [9.17, 15) is 14.4 Å². The quantitative estimate of drug-likeness (QED) is 0.752. The molecule has 0 aliphatic carbocycles. The van der Waals surface area contributed by atoms with Crippen LogP contribution in [0, 0.1) is 0 Å². The number of benzene rings is 1. The van der Waals surface area contributed by atoms with Crippen LogP contribution in [0.3, 0.4) is 0 Å². The number of hydrogen-bond donors (Lipinski definition) is 2. The van der Waals surface area contributed by atoms with Crippen molar-refractivity contribution >= 4 is 17.7 Å². The van der Waals surface area contributed by atoms with Crippen molar-refractivity contribution in [2.24, 2.45) is 0 Å². The molecule has 3 amide bonds. The summed E-state index contributed by atoms with van der Waals surface area (Å²) in [7, 11) is 0. The Hall–Kier alpha value is -2.25. The number of imide groups is 1. The molecule has 1 atom stereocenters. The van der Waals surface area contributed by atoms with Gasteiger partial charge in [0.1, 0.15) is 6.04 Å². The van der Waals surface area contributed by atoms with Crippen LogP contribution in [-0.4, -0.2) is 53.3 Å². The maximum atomic E-state index is 12.7. The molecule has 0 spiro atoms. The van der Waals surface area contributed by atoms with Gasteiger partial charge in [-0.3, -0.25) is 24.6 Å².